The summed E-state index contributed by atoms with van der Waals surface area (Å²) >= 11 is 0. The fourth-order valence-electron chi connectivity index (χ4n) is 3.12. The lowest BCUT2D eigenvalue weighted by Crippen LogP contribution is -2.32. The third-order valence-electron chi connectivity index (χ3n) is 4.66. The van der Waals surface area contributed by atoms with Gasteiger partial charge in [-0.2, -0.15) is 0 Å². The van der Waals surface area contributed by atoms with Crippen LogP contribution in [0.2, 0.25) is 0 Å². The molecule has 1 N–H and O–H groups in total. The van der Waals surface area contributed by atoms with Gasteiger partial charge in [0.05, 0.1) is 11.8 Å². The van der Waals surface area contributed by atoms with E-state index < -0.39 is 0 Å². The Kier molecular flexibility index (Phi) is 6.99. The lowest BCUT2D eigenvalue weighted by atomic mass is 10.1. The highest BCUT2D eigenvalue weighted by Crippen LogP contribution is 2.17. The van der Waals surface area contributed by atoms with Gasteiger partial charge in [0.2, 0.25) is 0 Å². The number of ether oxygens (including phenoxy) is 1. The second-order valence-corrected chi connectivity index (χ2v) is 6.84. The predicted molar refractivity (Wildman–Crippen MR) is 109 cm³/mol. The fourth-order valence-corrected chi connectivity index (χ4v) is 3.12. The van der Waals surface area contributed by atoms with Gasteiger partial charge in [0.15, 0.2) is 0 Å². The minimum Gasteiger partial charge on any atom is -0.378 e. The second-order valence-electron chi connectivity index (χ2n) is 6.84. The van der Waals surface area contributed by atoms with Gasteiger partial charge in [0, 0.05) is 32.1 Å². The third kappa shape index (κ3) is 6.22. The van der Waals surface area contributed by atoms with Crippen LogP contribution in [0.3, 0.4) is 0 Å². The van der Waals surface area contributed by atoms with E-state index in [1.54, 1.807) is 11.1 Å². The van der Waals surface area contributed by atoms with E-state index in [4.69, 9.17) is 4.74 Å². The average molecular weight is 365 g/mol. The summed E-state index contributed by atoms with van der Waals surface area (Å²) in [6.45, 7) is 1.61. The molecule has 0 bridgehead atoms. The normalized spacial score (nSPS) is 16.6. The van der Waals surface area contributed by atoms with Gasteiger partial charge in [-0.3, -0.25) is 4.98 Å². The van der Waals surface area contributed by atoms with Crippen molar-refractivity contribution in [3.8, 4) is 0 Å². The largest absolute Gasteiger partial charge is 0.378 e. The van der Waals surface area contributed by atoms with E-state index in [1.807, 2.05) is 61.7 Å². The van der Waals surface area contributed by atoms with Crippen molar-refractivity contribution in [3.05, 3.63) is 59.9 Å². The Morgan fingerprint density at radius 2 is 2.22 bits per heavy atom. The summed E-state index contributed by atoms with van der Waals surface area (Å²) in [5.74, 6) is 0. The summed E-state index contributed by atoms with van der Waals surface area (Å²) in [6, 6.07) is 13.5. The average Bonchev–Trinajstić information content (AvgIpc) is 3.21. The highest BCUT2D eigenvalue weighted by atomic mass is 16.5. The van der Waals surface area contributed by atoms with Gasteiger partial charge in [-0.15, -0.1) is 0 Å². The van der Waals surface area contributed by atoms with E-state index in [2.05, 4.69) is 10.3 Å². The van der Waals surface area contributed by atoms with Crippen LogP contribution < -0.4 is 5.32 Å². The first-order chi connectivity index (χ1) is 13.2. The number of aromatic nitrogens is 1. The molecule has 1 atom stereocenters. The Bertz CT molecular complexity index is 755. The molecule has 3 rings (SSSR count). The lowest BCUT2D eigenvalue weighted by molar-refractivity contribution is 0.101. The first kappa shape index (κ1) is 19.1. The van der Waals surface area contributed by atoms with Crippen molar-refractivity contribution in [2.75, 3.05) is 25.5 Å². The molecule has 5 nitrogen and oxygen atoms in total. The number of anilines is 1. The molecule has 0 spiro atoms. The molecule has 2 amide bonds. The molecule has 1 aliphatic rings. The van der Waals surface area contributed by atoms with Crippen LogP contribution in [0, 0.1) is 0 Å². The van der Waals surface area contributed by atoms with Crippen LogP contribution >= 0.6 is 0 Å². The summed E-state index contributed by atoms with van der Waals surface area (Å²) in [4.78, 5) is 18.4. The van der Waals surface area contributed by atoms with Crippen molar-refractivity contribution >= 4 is 23.9 Å². The van der Waals surface area contributed by atoms with Crippen molar-refractivity contribution in [1.82, 2.24) is 9.88 Å². The minimum absolute atomic E-state index is 0.0896. The molecule has 0 radical (unpaired) electrons. The Labute approximate surface area is 161 Å². The molecule has 0 unspecified atom stereocenters. The highest BCUT2D eigenvalue weighted by Gasteiger charge is 2.16. The van der Waals surface area contributed by atoms with E-state index in [9.17, 15) is 4.79 Å². The van der Waals surface area contributed by atoms with E-state index in [0.29, 0.717) is 6.10 Å². The molecule has 2 aromatic rings. The maximum Gasteiger partial charge on any atom is 0.321 e. The van der Waals surface area contributed by atoms with Crippen molar-refractivity contribution in [2.45, 2.75) is 31.8 Å². The van der Waals surface area contributed by atoms with Crippen molar-refractivity contribution in [2.24, 2.45) is 0 Å². The van der Waals surface area contributed by atoms with Crippen molar-refractivity contribution < 1.29 is 9.53 Å². The molecule has 1 aromatic carbocycles. The van der Waals surface area contributed by atoms with Gasteiger partial charge in [-0.25, -0.2) is 4.79 Å². The lowest BCUT2D eigenvalue weighted by Gasteiger charge is -2.19. The van der Waals surface area contributed by atoms with E-state index in [1.165, 1.54) is 0 Å². The molecule has 1 fully saturated rings. The summed E-state index contributed by atoms with van der Waals surface area (Å²) in [7, 11) is 1.83. The topological polar surface area (TPSA) is 54.5 Å². The standard InChI is InChI=1S/C22H27N3O2/c1-25(15-5-10-21-11-6-16-27-21)22(26)24-20-9-4-7-18(17-20)12-13-19-8-2-3-14-23-19/h2-4,7-9,12-14,17,21H,5-6,10-11,15-16H2,1H3,(H,24,26)/b13-12+/t21-/m0/s1. The van der Waals surface area contributed by atoms with Crippen molar-refractivity contribution in [1.29, 1.82) is 0 Å². The first-order valence-corrected chi connectivity index (χ1v) is 9.53. The van der Waals surface area contributed by atoms with Crippen LogP contribution in [0.15, 0.2) is 48.7 Å². The van der Waals surface area contributed by atoms with Crippen LogP contribution in [-0.4, -0.2) is 42.2 Å². The van der Waals surface area contributed by atoms with Gasteiger partial charge in [0.1, 0.15) is 0 Å². The van der Waals surface area contributed by atoms with Gasteiger partial charge < -0.3 is 15.0 Å². The number of hydrogen-bond donors (Lipinski definition) is 1. The van der Waals surface area contributed by atoms with Crippen LogP contribution in [0.25, 0.3) is 12.2 Å². The smallest absolute Gasteiger partial charge is 0.321 e. The van der Waals surface area contributed by atoms with Crippen LogP contribution in [0.1, 0.15) is 36.9 Å². The number of urea groups is 1. The van der Waals surface area contributed by atoms with Crippen molar-refractivity contribution in [3.63, 3.8) is 0 Å². The number of benzene rings is 1. The van der Waals surface area contributed by atoms with E-state index in [-0.39, 0.29) is 6.03 Å². The molecule has 0 saturated carbocycles. The highest BCUT2D eigenvalue weighted by molar-refractivity contribution is 5.89. The van der Waals surface area contributed by atoms with E-state index in [0.717, 1.165) is 55.8 Å². The summed E-state index contributed by atoms with van der Waals surface area (Å²) in [5, 5.41) is 2.96. The van der Waals surface area contributed by atoms with E-state index >= 15 is 0 Å². The molecule has 27 heavy (non-hydrogen) atoms. The number of rotatable bonds is 7. The summed E-state index contributed by atoms with van der Waals surface area (Å²) < 4.78 is 5.63. The third-order valence-corrected chi connectivity index (χ3v) is 4.66. The Balaban J connectivity index is 1.49. The molecule has 142 valence electrons. The number of nitrogens with zero attached hydrogens (tertiary/aromatic N) is 2. The molecular formula is C22H27N3O2. The number of hydrogen-bond acceptors (Lipinski definition) is 3. The van der Waals surface area contributed by atoms with Gasteiger partial charge in [-0.1, -0.05) is 24.3 Å². The van der Waals surface area contributed by atoms with Gasteiger partial charge >= 0.3 is 6.03 Å². The SMILES string of the molecule is CN(CCC[C@H]1CCCO1)C(=O)Nc1cccc(/C=C/c2ccccn2)c1. The molecule has 5 heteroatoms. The predicted octanol–water partition coefficient (Wildman–Crippen LogP) is 4.67. The number of pyridine rings is 1. The first-order valence-electron chi connectivity index (χ1n) is 9.53. The Hall–Kier alpha value is -2.66. The molecular weight excluding hydrogens is 338 g/mol. The molecule has 1 aliphatic heterocycles. The van der Waals surface area contributed by atoms with Gasteiger partial charge in [0.25, 0.3) is 0 Å². The number of amides is 2. The second kappa shape index (κ2) is 9.88. The molecule has 0 aliphatic carbocycles. The summed E-state index contributed by atoms with van der Waals surface area (Å²) in [5.41, 5.74) is 2.70. The van der Waals surface area contributed by atoms with Crippen LogP contribution in [-0.2, 0) is 4.74 Å². The van der Waals surface area contributed by atoms with Crippen LogP contribution in [0.4, 0.5) is 10.5 Å². The Morgan fingerprint density at radius 3 is 3.00 bits per heavy atom. The number of carbonyl (C=O) groups excluding carboxylic acids is 1. The maximum absolute atomic E-state index is 12.4. The number of carbonyl (C=O) groups is 1. The summed E-state index contributed by atoms with van der Waals surface area (Å²) in [6.07, 6.45) is 10.4. The zero-order valence-corrected chi connectivity index (χ0v) is 15.8. The van der Waals surface area contributed by atoms with Gasteiger partial charge in [-0.05, 0) is 61.6 Å². The zero-order valence-electron chi connectivity index (χ0n) is 15.8. The van der Waals surface area contributed by atoms with Crippen LogP contribution in [0.5, 0.6) is 0 Å². The fraction of sp³-hybridized carbons (Fsp3) is 0.364. The quantitative estimate of drug-likeness (QED) is 0.775. The molecule has 1 aromatic heterocycles. The molecule has 1 saturated heterocycles. The number of nitrogens with one attached hydrogen (secondary N) is 1. The maximum atomic E-state index is 12.4. The monoisotopic (exact) mass is 365 g/mol. The minimum atomic E-state index is -0.0896. The zero-order chi connectivity index (χ0) is 18.9. The molecule has 2 heterocycles. The Morgan fingerprint density at radius 1 is 1.30 bits per heavy atom.